The number of fused-ring (bicyclic) bond motifs is 1. The van der Waals surface area contributed by atoms with Gasteiger partial charge < -0.3 is 5.11 Å². The predicted octanol–water partition coefficient (Wildman–Crippen LogP) is 3.62. The highest BCUT2D eigenvalue weighted by Gasteiger charge is 2.07. The number of phenols is 1. The molecule has 3 aromatic carbocycles. The largest absolute Gasteiger partial charge is 0.507 e. The van der Waals surface area contributed by atoms with Gasteiger partial charge >= 0.3 is 0 Å². The average Bonchev–Trinajstić information content (AvgIpc) is 2.57. The van der Waals surface area contributed by atoms with Crippen LogP contribution in [0.5, 0.6) is 5.75 Å². The highest BCUT2D eigenvalue weighted by Crippen LogP contribution is 2.27. The highest BCUT2D eigenvalue weighted by atomic mass is 16.3. The lowest BCUT2D eigenvalue weighted by Gasteiger charge is -2.05. The SMILES string of the molecule is Cc1ccccc1C(=O)N/N=C\c1ccc2ccccc2c1O. The minimum atomic E-state index is -0.278. The molecule has 1 amide bonds. The molecule has 3 aromatic rings. The van der Waals surface area contributed by atoms with Gasteiger partial charge in [0.2, 0.25) is 0 Å². The first-order chi connectivity index (χ1) is 11.2. The number of aromatic hydroxyl groups is 1. The summed E-state index contributed by atoms with van der Waals surface area (Å²) >= 11 is 0. The monoisotopic (exact) mass is 304 g/mol. The van der Waals surface area contributed by atoms with Crippen LogP contribution in [0, 0.1) is 6.92 Å². The Bertz CT molecular complexity index is 901. The van der Waals surface area contributed by atoms with Crippen LogP contribution in [0.3, 0.4) is 0 Å². The lowest BCUT2D eigenvalue weighted by molar-refractivity contribution is 0.0954. The Morgan fingerprint density at radius 3 is 2.61 bits per heavy atom. The minimum Gasteiger partial charge on any atom is -0.507 e. The van der Waals surface area contributed by atoms with E-state index in [2.05, 4.69) is 10.5 Å². The number of nitrogens with one attached hydrogen (secondary N) is 1. The summed E-state index contributed by atoms with van der Waals surface area (Å²) in [6, 6.07) is 18.5. The third-order valence-electron chi connectivity index (χ3n) is 3.69. The Balaban J connectivity index is 1.80. The van der Waals surface area contributed by atoms with E-state index < -0.39 is 0 Å². The van der Waals surface area contributed by atoms with Gasteiger partial charge in [0.15, 0.2) is 0 Å². The molecular formula is C19H16N2O2. The molecule has 0 saturated heterocycles. The van der Waals surface area contributed by atoms with Crippen LogP contribution >= 0.6 is 0 Å². The van der Waals surface area contributed by atoms with Gasteiger partial charge in [-0.15, -0.1) is 0 Å². The second kappa shape index (κ2) is 6.32. The number of hydrogen-bond donors (Lipinski definition) is 2. The molecule has 0 radical (unpaired) electrons. The first kappa shape index (κ1) is 14.8. The van der Waals surface area contributed by atoms with E-state index in [9.17, 15) is 9.90 Å². The number of hydrazone groups is 1. The lowest BCUT2D eigenvalue weighted by Crippen LogP contribution is -2.18. The molecule has 0 aromatic heterocycles. The van der Waals surface area contributed by atoms with Crippen LogP contribution in [0.1, 0.15) is 21.5 Å². The van der Waals surface area contributed by atoms with Crippen molar-refractivity contribution in [3.05, 3.63) is 77.4 Å². The second-order valence-electron chi connectivity index (χ2n) is 5.24. The maximum atomic E-state index is 12.1. The molecule has 0 saturated carbocycles. The molecule has 0 aliphatic heterocycles. The van der Waals surface area contributed by atoms with Gasteiger partial charge in [-0.25, -0.2) is 5.43 Å². The minimum absolute atomic E-state index is 0.150. The number of phenolic OH excluding ortho intramolecular Hbond substituents is 1. The zero-order valence-electron chi connectivity index (χ0n) is 12.7. The smallest absolute Gasteiger partial charge is 0.271 e. The number of amides is 1. The van der Waals surface area contributed by atoms with Gasteiger partial charge in [0.05, 0.1) is 6.21 Å². The van der Waals surface area contributed by atoms with Crippen LogP contribution in [0.2, 0.25) is 0 Å². The van der Waals surface area contributed by atoms with Gasteiger partial charge in [-0.3, -0.25) is 4.79 Å². The van der Waals surface area contributed by atoms with Crippen LogP contribution in [0.4, 0.5) is 0 Å². The highest BCUT2D eigenvalue weighted by molar-refractivity contribution is 5.99. The second-order valence-corrected chi connectivity index (χ2v) is 5.24. The molecule has 0 atom stereocenters. The Morgan fingerprint density at radius 1 is 1.04 bits per heavy atom. The molecule has 114 valence electrons. The maximum absolute atomic E-state index is 12.1. The third kappa shape index (κ3) is 3.06. The molecule has 4 heteroatoms. The topological polar surface area (TPSA) is 61.7 Å². The molecule has 3 rings (SSSR count). The van der Waals surface area contributed by atoms with E-state index in [4.69, 9.17) is 0 Å². The third-order valence-corrected chi connectivity index (χ3v) is 3.69. The first-order valence-electron chi connectivity index (χ1n) is 7.26. The summed E-state index contributed by atoms with van der Waals surface area (Å²) in [5.41, 5.74) is 4.49. The first-order valence-corrected chi connectivity index (χ1v) is 7.26. The molecule has 0 spiro atoms. The van der Waals surface area contributed by atoms with Crippen molar-refractivity contribution >= 4 is 22.9 Å². The molecule has 0 aliphatic rings. The summed E-state index contributed by atoms with van der Waals surface area (Å²) in [5, 5.41) is 15.9. The Labute approximate surface area is 134 Å². The van der Waals surface area contributed by atoms with E-state index in [-0.39, 0.29) is 11.7 Å². The molecule has 2 N–H and O–H groups in total. The van der Waals surface area contributed by atoms with Crippen molar-refractivity contribution in [1.29, 1.82) is 0 Å². The van der Waals surface area contributed by atoms with Crippen molar-refractivity contribution in [1.82, 2.24) is 5.43 Å². The van der Waals surface area contributed by atoms with E-state index in [1.807, 2.05) is 49.4 Å². The van der Waals surface area contributed by atoms with Crippen LogP contribution in [-0.4, -0.2) is 17.2 Å². The van der Waals surface area contributed by atoms with Crippen LogP contribution in [0.25, 0.3) is 10.8 Å². The molecular weight excluding hydrogens is 288 g/mol. The quantitative estimate of drug-likeness (QED) is 0.573. The van der Waals surface area contributed by atoms with Gasteiger partial charge in [-0.05, 0) is 30.0 Å². The number of benzene rings is 3. The summed E-state index contributed by atoms with van der Waals surface area (Å²) in [7, 11) is 0. The predicted molar refractivity (Wildman–Crippen MR) is 91.9 cm³/mol. The van der Waals surface area contributed by atoms with Gasteiger partial charge in [-0.1, -0.05) is 48.5 Å². The van der Waals surface area contributed by atoms with Crippen LogP contribution < -0.4 is 5.43 Å². The fraction of sp³-hybridized carbons (Fsp3) is 0.0526. The van der Waals surface area contributed by atoms with Crippen molar-refractivity contribution in [2.24, 2.45) is 5.10 Å². The standard InChI is InChI=1S/C19H16N2O2/c1-13-6-2-4-8-16(13)19(23)21-20-12-15-11-10-14-7-3-5-9-17(14)18(15)22/h2-12,22H,1H3,(H,21,23)/b20-12-. The van der Waals surface area contributed by atoms with E-state index in [1.165, 1.54) is 6.21 Å². The van der Waals surface area contributed by atoms with Crippen molar-refractivity contribution in [3.8, 4) is 5.75 Å². The number of hydrogen-bond acceptors (Lipinski definition) is 3. The molecule has 0 bridgehead atoms. The molecule has 4 nitrogen and oxygen atoms in total. The molecule has 0 heterocycles. The fourth-order valence-corrected chi connectivity index (χ4v) is 2.42. The Hall–Kier alpha value is -3.14. The number of nitrogens with zero attached hydrogens (tertiary/aromatic N) is 1. The number of rotatable bonds is 3. The summed E-state index contributed by atoms with van der Waals surface area (Å²) < 4.78 is 0. The summed E-state index contributed by atoms with van der Waals surface area (Å²) in [6.45, 7) is 1.87. The van der Waals surface area contributed by atoms with E-state index in [0.717, 1.165) is 16.3 Å². The summed E-state index contributed by atoms with van der Waals surface area (Å²) in [6.07, 6.45) is 1.44. The summed E-state index contributed by atoms with van der Waals surface area (Å²) in [5.74, 6) is -0.128. The lowest BCUT2D eigenvalue weighted by atomic mass is 10.1. The Kier molecular flexibility index (Phi) is 4.06. The zero-order chi connectivity index (χ0) is 16.2. The molecule has 23 heavy (non-hydrogen) atoms. The Morgan fingerprint density at radius 2 is 1.78 bits per heavy atom. The molecule has 0 fully saturated rings. The number of carbonyl (C=O) groups is 1. The van der Waals surface area contributed by atoms with Crippen molar-refractivity contribution < 1.29 is 9.90 Å². The van der Waals surface area contributed by atoms with Crippen LogP contribution in [-0.2, 0) is 0 Å². The van der Waals surface area contributed by atoms with E-state index >= 15 is 0 Å². The molecule has 0 unspecified atom stereocenters. The van der Waals surface area contributed by atoms with Gasteiger partial charge in [0.25, 0.3) is 5.91 Å². The van der Waals surface area contributed by atoms with Gasteiger partial charge in [-0.2, -0.15) is 5.10 Å². The average molecular weight is 304 g/mol. The van der Waals surface area contributed by atoms with Crippen LogP contribution in [0.15, 0.2) is 65.8 Å². The number of carbonyl (C=O) groups excluding carboxylic acids is 1. The van der Waals surface area contributed by atoms with E-state index in [0.29, 0.717) is 11.1 Å². The zero-order valence-corrected chi connectivity index (χ0v) is 12.7. The number of aryl methyl sites for hydroxylation is 1. The van der Waals surface area contributed by atoms with Crippen molar-refractivity contribution in [2.75, 3.05) is 0 Å². The molecule has 0 aliphatic carbocycles. The normalized spacial score (nSPS) is 11.0. The fourth-order valence-electron chi connectivity index (χ4n) is 2.42. The summed E-state index contributed by atoms with van der Waals surface area (Å²) in [4.78, 5) is 12.1. The van der Waals surface area contributed by atoms with Gasteiger partial charge in [0, 0.05) is 16.5 Å². The maximum Gasteiger partial charge on any atom is 0.271 e. The van der Waals surface area contributed by atoms with Crippen molar-refractivity contribution in [2.45, 2.75) is 6.92 Å². The van der Waals surface area contributed by atoms with Crippen molar-refractivity contribution in [3.63, 3.8) is 0 Å². The van der Waals surface area contributed by atoms with Gasteiger partial charge in [0.1, 0.15) is 5.75 Å². The van der Waals surface area contributed by atoms with E-state index in [1.54, 1.807) is 18.2 Å².